The van der Waals surface area contributed by atoms with E-state index in [9.17, 15) is 4.39 Å². The molecule has 0 spiro atoms. The molecule has 1 atom stereocenters. The monoisotopic (exact) mass is 286 g/mol. The van der Waals surface area contributed by atoms with Gasteiger partial charge in [-0.05, 0) is 55.7 Å². The molecule has 3 heteroatoms. The SMILES string of the molecule is CCN(c1ccccc1C)C(CN)c1cc(F)ccc1C. The van der Waals surface area contributed by atoms with Crippen molar-refractivity contribution in [2.45, 2.75) is 26.8 Å². The van der Waals surface area contributed by atoms with Gasteiger partial charge in [0.25, 0.3) is 0 Å². The average molecular weight is 286 g/mol. The van der Waals surface area contributed by atoms with Gasteiger partial charge in [0.1, 0.15) is 5.82 Å². The van der Waals surface area contributed by atoms with Crippen molar-refractivity contribution >= 4 is 5.69 Å². The molecule has 2 aromatic rings. The quantitative estimate of drug-likeness (QED) is 0.901. The summed E-state index contributed by atoms with van der Waals surface area (Å²) in [5.41, 5.74) is 10.4. The van der Waals surface area contributed by atoms with Gasteiger partial charge in [-0.15, -0.1) is 0 Å². The van der Waals surface area contributed by atoms with Gasteiger partial charge in [-0.2, -0.15) is 0 Å². The van der Waals surface area contributed by atoms with Gasteiger partial charge in [-0.1, -0.05) is 24.3 Å². The number of nitrogens with two attached hydrogens (primary N) is 1. The lowest BCUT2D eigenvalue weighted by molar-refractivity contribution is 0.604. The standard InChI is InChI=1S/C18H23FN2/c1-4-21(17-8-6-5-7-14(17)3)18(12-20)16-11-15(19)10-9-13(16)2/h5-11,18H,4,12,20H2,1-3H3. The number of hydrogen-bond donors (Lipinski definition) is 1. The summed E-state index contributed by atoms with van der Waals surface area (Å²) in [5.74, 6) is -0.213. The first-order valence-corrected chi connectivity index (χ1v) is 7.36. The smallest absolute Gasteiger partial charge is 0.123 e. The van der Waals surface area contributed by atoms with Crippen LogP contribution in [0.25, 0.3) is 0 Å². The van der Waals surface area contributed by atoms with E-state index in [1.807, 2.05) is 25.1 Å². The molecule has 0 radical (unpaired) electrons. The zero-order valence-electron chi connectivity index (χ0n) is 12.9. The predicted octanol–water partition coefficient (Wildman–Crippen LogP) is 3.97. The van der Waals surface area contributed by atoms with Gasteiger partial charge in [0.15, 0.2) is 0 Å². The topological polar surface area (TPSA) is 29.3 Å². The van der Waals surface area contributed by atoms with E-state index in [1.54, 1.807) is 6.07 Å². The minimum absolute atomic E-state index is 0.0215. The first-order valence-electron chi connectivity index (χ1n) is 7.36. The molecule has 2 N–H and O–H groups in total. The van der Waals surface area contributed by atoms with Crippen LogP contribution in [-0.2, 0) is 0 Å². The second kappa shape index (κ2) is 6.72. The van der Waals surface area contributed by atoms with E-state index < -0.39 is 0 Å². The van der Waals surface area contributed by atoms with E-state index in [0.29, 0.717) is 6.54 Å². The lowest BCUT2D eigenvalue weighted by Gasteiger charge is -2.34. The molecule has 112 valence electrons. The van der Waals surface area contributed by atoms with Crippen molar-refractivity contribution in [3.05, 3.63) is 65.0 Å². The Morgan fingerprint density at radius 2 is 1.81 bits per heavy atom. The van der Waals surface area contributed by atoms with Gasteiger partial charge in [-0.3, -0.25) is 0 Å². The summed E-state index contributed by atoms with van der Waals surface area (Å²) in [6, 6.07) is 13.1. The third kappa shape index (κ3) is 3.24. The van der Waals surface area contributed by atoms with Crippen LogP contribution < -0.4 is 10.6 Å². The molecule has 1 unspecified atom stereocenters. The van der Waals surface area contributed by atoms with Crippen LogP contribution in [0.2, 0.25) is 0 Å². The number of likely N-dealkylation sites (N-methyl/N-ethyl adjacent to an activating group) is 1. The Labute approximate surface area is 126 Å². The van der Waals surface area contributed by atoms with E-state index in [-0.39, 0.29) is 11.9 Å². The van der Waals surface area contributed by atoms with Gasteiger partial charge in [0.05, 0.1) is 6.04 Å². The summed E-state index contributed by atoms with van der Waals surface area (Å²) >= 11 is 0. The molecule has 0 aliphatic rings. The number of hydrogen-bond acceptors (Lipinski definition) is 2. The van der Waals surface area contributed by atoms with Crippen LogP contribution in [0.3, 0.4) is 0 Å². The molecular weight excluding hydrogens is 263 g/mol. The average Bonchev–Trinajstić information content (AvgIpc) is 2.48. The fraction of sp³-hybridized carbons (Fsp3) is 0.333. The predicted molar refractivity (Wildman–Crippen MR) is 87.1 cm³/mol. The van der Waals surface area contributed by atoms with Crippen molar-refractivity contribution in [3.8, 4) is 0 Å². The Morgan fingerprint density at radius 1 is 1.10 bits per heavy atom. The lowest BCUT2D eigenvalue weighted by atomic mass is 9.98. The summed E-state index contributed by atoms with van der Waals surface area (Å²) in [5, 5.41) is 0. The highest BCUT2D eigenvalue weighted by atomic mass is 19.1. The van der Waals surface area contributed by atoms with Crippen molar-refractivity contribution in [3.63, 3.8) is 0 Å². The molecule has 21 heavy (non-hydrogen) atoms. The second-order valence-electron chi connectivity index (χ2n) is 5.32. The van der Waals surface area contributed by atoms with Gasteiger partial charge < -0.3 is 10.6 Å². The molecule has 0 saturated carbocycles. The fourth-order valence-electron chi connectivity index (χ4n) is 2.84. The van der Waals surface area contributed by atoms with Crippen LogP contribution in [0.1, 0.15) is 29.7 Å². The van der Waals surface area contributed by atoms with Crippen LogP contribution in [0.5, 0.6) is 0 Å². The molecule has 0 aliphatic carbocycles. The third-order valence-corrected chi connectivity index (χ3v) is 3.97. The van der Waals surface area contributed by atoms with Gasteiger partial charge in [0, 0.05) is 18.8 Å². The summed E-state index contributed by atoms with van der Waals surface area (Å²) in [6.45, 7) is 7.46. The number of rotatable bonds is 5. The highest BCUT2D eigenvalue weighted by Crippen LogP contribution is 2.30. The molecule has 0 aliphatic heterocycles. The van der Waals surface area contributed by atoms with Crippen LogP contribution >= 0.6 is 0 Å². The van der Waals surface area contributed by atoms with E-state index >= 15 is 0 Å². The minimum atomic E-state index is -0.213. The van der Waals surface area contributed by atoms with Gasteiger partial charge in [-0.25, -0.2) is 4.39 Å². The van der Waals surface area contributed by atoms with E-state index in [2.05, 4.69) is 30.9 Å². The first kappa shape index (κ1) is 15.5. The van der Waals surface area contributed by atoms with Crippen molar-refractivity contribution < 1.29 is 4.39 Å². The molecule has 0 heterocycles. The van der Waals surface area contributed by atoms with Crippen molar-refractivity contribution in [2.24, 2.45) is 5.73 Å². The maximum atomic E-state index is 13.6. The van der Waals surface area contributed by atoms with Crippen LogP contribution in [-0.4, -0.2) is 13.1 Å². The normalized spacial score (nSPS) is 12.2. The highest BCUT2D eigenvalue weighted by Gasteiger charge is 2.21. The number of anilines is 1. The minimum Gasteiger partial charge on any atom is -0.363 e. The molecule has 2 nitrogen and oxygen atoms in total. The summed E-state index contributed by atoms with van der Waals surface area (Å²) < 4.78 is 13.6. The lowest BCUT2D eigenvalue weighted by Crippen LogP contribution is -2.34. The molecule has 0 aromatic heterocycles. The summed E-state index contributed by atoms with van der Waals surface area (Å²) in [6.07, 6.45) is 0. The number of benzene rings is 2. The Morgan fingerprint density at radius 3 is 2.43 bits per heavy atom. The Balaban J connectivity index is 2.48. The molecule has 0 fully saturated rings. The van der Waals surface area contributed by atoms with Gasteiger partial charge in [0.2, 0.25) is 0 Å². The van der Waals surface area contributed by atoms with Crippen molar-refractivity contribution in [2.75, 3.05) is 18.0 Å². The zero-order chi connectivity index (χ0) is 15.4. The highest BCUT2D eigenvalue weighted by molar-refractivity contribution is 5.55. The van der Waals surface area contributed by atoms with E-state index in [1.165, 1.54) is 11.6 Å². The van der Waals surface area contributed by atoms with E-state index in [4.69, 9.17) is 5.73 Å². The van der Waals surface area contributed by atoms with E-state index in [0.717, 1.165) is 23.4 Å². The summed E-state index contributed by atoms with van der Waals surface area (Å²) in [7, 11) is 0. The van der Waals surface area contributed by atoms with Crippen LogP contribution in [0, 0.1) is 19.7 Å². The number of nitrogens with zero attached hydrogens (tertiary/aromatic N) is 1. The van der Waals surface area contributed by atoms with Crippen molar-refractivity contribution in [1.29, 1.82) is 0 Å². The summed E-state index contributed by atoms with van der Waals surface area (Å²) in [4.78, 5) is 2.25. The molecule has 0 bridgehead atoms. The second-order valence-corrected chi connectivity index (χ2v) is 5.32. The number of para-hydroxylation sites is 1. The van der Waals surface area contributed by atoms with Gasteiger partial charge >= 0.3 is 0 Å². The number of aryl methyl sites for hydroxylation is 2. The first-order chi connectivity index (χ1) is 10.1. The maximum Gasteiger partial charge on any atom is 0.123 e. The van der Waals surface area contributed by atoms with Crippen LogP contribution in [0.15, 0.2) is 42.5 Å². The molecule has 2 aromatic carbocycles. The Bertz CT molecular complexity index is 610. The van der Waals surface area contributed by atoms with Crippen molar-refractivity contribution in [1.82, 2.24) is 0 Å². The zero-order valence-corrected chi connectivity index (χ0v) is 12.9. The largest absolute Gasteiger partial charge is 0.363 e. The number of halogens is 1. The molecule has 0 amide bonds. The fourth-order valence-corrected chi connectivity index (χ4v) is 2.84. The molecular formula is C18H23FN2. The Kier molecular flexibility index (Phi) is 4.97. The maximum absolute atomic E-state index is 13.6. The molecule has 2 rings (SSSR count). The molecule has 0 saturated heterocycles. The Hall–Kier alpha value is -1.87. The third-order valence-electron chi connectivity index (χ3n) is 3.97. The van der Waals surface area contributed by atoms with Crippen LogP contribution in [0.4, 0.5) is 10.1 Å².